The molecule has 3 rings (SSSR count). The third-order valence-corrected chi connectivity index (χ3v) is 3.56. The molecule has 0 saturated heterocycles. The summed E-state index contributed by atoms with van der Waals surface area (Å²) in [6.45, 7) is 1.92. The number of benzene rings is 1. The van der Waals surface area contributed by atoms with Crippen molar-refractivity contribution in [3.8, 4) is 0 Å². The van der Waals surface area contributed by atoms with E-state index in [1.54, 1.807) is 11.8 Å². The minimum atomic E-state index is 0.756. The second-order valence-electron chi connectivity index (χ2n) is 4.07. The molecular formula is C14H12N2OS. The van der Waals surface area contributed by atoms with Gasteiger partial charge >= 0.3 is 0 Å². The highest BCUT2D eigenvalue weighted by Crippen LogP contribution is 2.23. The SMILES string of the molecule is Cc1cc(CSc2ccc3ccccc3n2)on1. The van der Waals surface area contributed by atoms with Gasteiger partial charge < -0.3 is 4.52 Å². The fraction of sp³-hybridized carbons (Fsp3) is 0.143. The molecule has 0 spiro atoms. The van der Waals surface area contributed by atoms with E-state index in [1.807, 2.05) is 37.3 Å². The maximum atomic E-state index is 5.17. The van der Waals surface area contributed by atoms with Crippen LogP contribution in [0.3, 0.4) is 0 Å². The molecule has 2 heterocycles. The fourth-order valence-corrected chi connectivity index (χ4v) is 2.51. The molecule has 0 aliphatic rings. The molecule has 3 nitrogen and oxygen atoms in total. The number of aromatic nitrogens is 2. The van der Waals surface area contributed by atoms with Crippen LogP contribution in [0.15, 0.2) is 52.0 Å². The van der Waals surface area contributed by atoms with E-state index < -0.39 is 0 Å². The molecule has 0 radical (unpaired) electrons. The number of fused-ring (bicyclic) bond motifs is 1. The van der Waals surface area contributed by atoms with Crippen molar-refractivity contribution in [1.82, 2.24) is 10.1 Å². The van der Waals surface area contributed by atoms with Crippen LogP contribution in [0.4, 0.5) is 0 Å². The van der Waals surface area contributed by atoms with Crippen molar-refractivity contribution in [2.45, 2.75) is 17.7 Å². The first-order chi connectivity index (χ1) is 8.81. The van der Waals surface area contributed by atoms with Crippen LogP contribution in [0.25, 0.3) is 10.9 Å². The Kier molecular flexibility index (Phi) is 3.02. The normalized spacial score (nSPS) is 10.9. The molecule has 1 aromatic carbocycles. The number of para-hydroxylation sites is 1. The summed E-state index contributed by atoms with van der Waals surface area (Å²) < 4.78 is 5.17. The lowest BCUT2D eigenvalue weighted by Gasteiger charge is -2.01. The van der Waals surface area contributed by atoms with Gasteiger partial charge in [0.05, 0.1) is 22.0 Å². The molecule has 0 aliphatic carbocycles. The number of nitrogens with zero attached hydrogens (tertiary/aromatic N) is 2. The van der Waals surface area contributed by atoms with E-state index in [1.165, 1.54) is 0 Å². The van der Waals surface area contributed by atoms with Crippen molar-refractivity contribution >= 4 is 22.7 Å². The minimum Gasteiger partial charge on any atom is -0.360 e. The van der Waals surface area contributed by atoms with E-state index >= 15 is 0 Å². The molecule has 90 valence electrons. The fourth-order valence-electron chi connectivity index (χ4n) is 1.76. The van der Waals surface area contributed by atoms with Crippen LogP contribution in [-0.2, 0) is 5.75 Å². The van der Waals surface area contributed by atoms with Gasteiger partial charge in [-0.05, 0) is 19.1 Å². The minimum absolute atomic E-state index is 0.756. The molecule has 0 fully saturated rings. The van der Waals surface area contributed by atoms with Crippen LogP contribution in [0, 0.1) is 6.92 Å². The first-order valence-electron chi connectivity index (χ1n) is 5.72. The van der Waals surface area contributed by atoms with Crippen molar-refractivity contribution in [3.05, 3.63) is 53.9 Å². The Morgan fingerprint density at radius 2 is 2.06 bits per heavy atom. The Hall–Kier alpha value is -1.81. The predicted octanol–water partition coefficient (Wildman–Crippen LogP) is 3.82. The van der Waals surface area contributed by atoms with Crippen molar-refractivity contribution < 1.29 is 4.52 Å². The maximum absolute atomic E-state index is 5.17. The van der Waals surface area contributed by atoms with Crippen LogP contribution < -0.4 is 0 Å². The molecule has 0 atom stereocenters. The van der Waals surface area contributed by atoms with Crippen molar-refractivity contribution in [2.24, 2.45) is 0 Å². The summed E-state index contributed by atoms with van der Waals surface area (Å²) in [4.78, 5) is 4.60. The smallest absolute Gasteiger partial charge is 0.147 e. The summed E-state index contributed by atoms with van der Waals surface area (Å²) in [6.07, 6.45) is 0. The average Bonchev–Trinajstić information content (AvgIpc) is 2.82. The van der Waals surface area contributed by atoms with Gasteiger partial charge in [-0.25, -0.2) is 4.98 Å². The zero-order valence-corrected chi connectivity index (χ0v) is 10.8. The molecule has 0 amide bonds. The highest BCUT2D eigenvalue weighted by molar-refractivity contribution is 7.98. The van der Waals surface area contributed by atoms with Crippen LogP contribution >= 0.6 is 11.8 Å². The van der Waals surface area contributed by atoms with Crippen molar-refractivity contribution in [3.63, 3.8) is 0 Å². The van der Waals surface area contributed by atoms with Gasteiger partial charge in [0, 0.05) is 11.5 Å². The Morgan fingerprint density at radius 1 is 1.17 bits per heavy atom. The Labute approximate surface area is 109 Å². The second-order valence-corrected chi connectivity index (χ2v) is 5.06. The molecule has 0 unspecified atom stereocenters. The van der Waals surface area contributed by atoms with Crippen molar-refractivity contribution in [1.29, 1.82) is 0 Å². The van der Waals surface area contributed by atoms with Gasteiger partial charge in [-0.2, -0.15) is 0 Å². The van der Waals surface area contributed by atoms with E-state index in [-0.39, 0.29) is 0 Å². The van der Waals surface area contributed by atoms with Gasteiger partial charge in [0.15, 0.2) is 0 Å². The number of pyridine rings is 1. The summed E-state index contributed by atoms with van der Waals surface area (Å²) >= 11 is 1.66. The van der Waals surface area contributed by atoms with E-state index in [2.05, 4.69) is 22.3 Å². The van der Waals surface area contributed by atoms with E-state index in [0.717, 1.165) is 33.1 Å². The molecule has 0 aliphatic heterocycles. The summed E-state index contributed by atoms with van der Waals surface area (Å²) in [6, 6.07) is 14.2. The molecule has 0 N–H and O–H groups in total. The summed E-state index contributed by atoms with van der Waals surface area (Å²) in [5.41, 5.74) is 1.94. The van der Waals surface area contributed by atoms with Crippen LogP contribution in [0.5, 0.6) is 0 Å². The largest absolute Gasteiger partial charge is 0.360 e. The lowest BCUT2D eigenvalue weighted by atomic mass is 10.2. The predicted molar refractivity (Wildman–Crippen MR) is 72.5 cm³/mol. The van der Waals surface area contributed by atoms with E-state index in [4.69, 9.17) is 4.52 Å². The molecule has 2 aromatic heterocycles. The second kappa shape index (κ2) is 4.82. The quantitative estimate of drug-likeness (QED) is 0.668. The third-order valence-electron chi connectivity index (χ3n) is 2.61. The summed E-state index contributed by atoms with van der Waals surface area (Å²) in [7, 11) is 0. The molecule has 0 bridgehead atoms. The number of aryl methyl sites for hydroxylation is 1. The number of thioether (sulfide) groups is 1. The first kappa shape index (κ1) is 11.3. The monoisotopic (exact) mass is 256 g/mol. The lowest BCUT2D eigenvalue weighted by Crippen LogP contribution is -1.83. The zero-order chi connectivity index (χ0) is 12.4. The first-order valence-corrected chi connectivity index (χ1v) is 6.70. The highest BCUT2D eigenvalue weighted by atomic mass is 32.2. The number of hydrogen-bond donors (Lipinski definition) is 0. The molecule has 0 saturated carbocycles. The Morgan fingerprint density at radius 3 is 2.89 bits per heavy atom. The van der Waals surface area contributed by atoms with Crippen LogP contribution in [0.2, 0.25) is 0 Å². The van der Waals surface area contributed by atoms with Gasteiger partial charge in [-0.1, -0.05) is 41.2 Å². The molecular weight excluding hydrogens is 244 g/mol. The topological polar surface area (TPSA) is 38.9 Å². The van der Waals surface area contributed by atoms with Crippen LogP contribution in [0.1, 0.15) is 11.5 Å². The van der Waals surface area contributed by atoms with Gasteiger partial charge in [0.2, 0.25) is 0 Å². The number of rotatable bonds is 3. The van der Waals surface area contributed by atoms with Crippen molar-refractivity contribution in [2.75, 3.05) is 0 Å². The Balaban J connectivity index is 1.78. The molecule has 4 heteroatoms. The maximum Gasteiger partial charge on any atom is 0.147 e. The summed E-state index contributed by atoms with van der Waals surface area (Å²) in [5.74, 6) is 1.64. The Bertz CT molecular complexity index is 678. The lowest BCUT2D eigenvalue weighted by molar-refractivity contribution is 0.391. The summed E-state index contributed by atoms with van der Waals surface area (Å²) in [5, 5.41) is 6.04. The van der Waals surface area contributed by atoms with Gasteiger partial charge in [0.1, 0.15) is 5.76 Å². The van der Waals surface area contributed by atoms with Crippen LogP contribution in [-0.4, -0.2) is 10.1 Å². The number of hydrogen-bond acceptors (Lipinski definition) is 4. The van der Waals surface area contributed by atoms with Gasteiger partial charge in [-0.15, -0.1) is 0 Å². The molecule has 18 heavy (non-hydrogen) atoms. The zero-order valence-electron chi connectivity index (χ0n) is 9.96. The van der Waals surface area contributed by atoms with E-state index in [0.29, 0.717) is 0 Å². The standard InChI is InChI=1S/C14H12N2OS/c1-10-8-12(17-16-10)9-18-14-7-6-11-4-2-3-5-13(11)15-14/h2-8H,9H2,1H3. The van der Waals surface area contributed by atoms with E-state index in [9.17, 15) is 0 Å². The average molecular weight is 256 g/mol. The van der Waals surface area contributed by atoms with Gasteiger partial charge in [-0.3, -0.25) is 0 Å². The third kappa shape index (κ3) is 2.38. The molecule has 3 aromatic rings. The highest BCUT2D eigenvalue weighted by Gasteiger charge is 2.03. The van der Waals surface area contributed by atoms with Gasteiger partial charge in [0.25, 0.3) is 0 Å².